The molecule has 0 aliphatic heterocycles. The summed E-state index contributed by atoms with van der Waals surface area (Å²) in [5.74, 6) is 0. The van der Waals surface area contributed by atoms with Crippen LogP contribution in [0, 0.1) is 0 Å². The first kappa shape index (κ1) is 30.0. The van der Waals surface area contributed by atoms with E-state index in [9.17, 15) is 0 Å². The predicted octanol–water partition coefficient (Wildman–Crippen LogP) is 13.3. The SMILES string of the molecule is C.CC1(C)c2cc(N(c3ccc(-c4ccccc4)cc3)c3ccc(-c4ccccc4)cc3)ccc2-c2c(-c3ccccc3)cccc21.[HH]. The third kappa shape index (κ3) is 5.34. The molecule has 0 fully saturated rings. The molecule has 0 heterocycles. The van der Waals surface area contributed by atoms with Crippen LogP contribution in [0.2, 0.25) is 0 Å². The van der Waals surface area contributed by atoms with Crippen LogP contribution in [0.3, 0.4) is 0 Å². The molecule has 47 heavy (non-hydrogen) atoms. The average molecular weight is 608 g/mol. The summed E-state index contributed by atoms with van der Waals surface area (Å²) >= 11 is 0. The minimum atomic E-state index is -0.133. The summed E-state index contributed by atoms with van der Waals surface area (Å²) in [7, 11) is 0. The molecule has 1 nitrogen and oxygen atoms in total. The maximum Gasteiger partial charge on any atom is 0.0465 e. The number of hydrogen-bond acceptors (Lipinski definition) is 1. The minimum absolute atomic E-state index is 0. The highest BCUT2D eigenvalue weighted by Crippen LogP contribution is 2.53. The summed E-state index contributed by atoms with van der Waals surface area (Å²) in [5, 5.41) is 0. The summed E-state index contributed by atoms with van der Waals surface area (Å²) in [5.41, 5.74) is 16.1. The summed E-state index contributed by atoms with van der Waals surface area (Å²) in [6.07, 6.45) is 0. The lowest BCUT2D eigenvalue weighted by molar-refractivity contribution is 0.660. The molecule has 0 unspecified atom stereocenters. The van der Waals surface area contributed by atoms with Crippen LogP contribution in [0.25, 0.3) is 44.5 Å². The minimum Gasteiger partial charge on any atom is -0.310 e. The summed E-state index contributed by atoms with van der Waals surface area (Å²) in [6, 6.07) is 63.7. The molecule has 8 rings (SSSR count). The molecule has 0 bridgehead atoms. The monoisotopic (exact) mass is 607 g/mol. The van der Waals surface area contributed by atoms with Crippen molar-refractivity contribution in [2.75, 3.05) is 4.90 Å². The van der Waals surface area contributed by atoms with Gasteiger partial charge in [0.05, 0.1) is 0 Å². The number of hydrogen-bond donors (Lipinski definition) is 0. The Morgan fingerprint density at radius 1 is 0.383 bits per heavy atom. The van der Waals surface area contributed by atoms with Gasteiger partial charge in [-0.15, -0.1) is 0 Å². The molecule has 0 amide bonds. The normalized spacial score (nSPS) is 12.5. The van der Waals surface area contributed by atoms with E-state index in [1.165, 1.54) is 55.6 Å². The van der Waals surface area contributed by atoms with Crippen molar-refractivity contribution in [3.8, 4) is 44.5 Å². The molecule has 7 aromatic rings. The zero-order valence-electron chi connectivity index (χ0n) is 26.2. The van der Waals surface area contributed by atoms with E-state index in [1.807, 2.05) is 0 Å². The van der Waals surface area contributed by atoms with Crippen LogP contribution < -0.4 is 4.90 Å². The van der Waals surface area contributed by atoms with Crippen molar-refractivity contribution in [1.82, 2.24) is 0 Å². The largest absolute Gasteiger partial charge is 0.310 e. The van der Waals surface area contributed by atoms with Crippen LogP contribution in [-0.4, -0.2) is 0 Å². The number of rotatable bonds is 6. The molecule has 1 aliphatic carbocycles. The Morgan fingerprint density at radius 3 is 1.34 bits per heavy atom. The summed E-state index contributed by atoms with van der Waals surface area (Å²) < 4.78 is 0. The molecule has 0 spiro atoms. The second-order valence-electron chi connectivity index (χ2n) is 12.6. The first-order valence-electron chi connectivity index (χ1n) is 16.0. The van der Waals surface area contributed by atoms with Gasteiger partial charge in [-0.25, -0.2) is 0 Å². The van der Waals surface area contributed by atoms with Crippen LogP contribution in [0.4, 0.5) is 17.1 Å². The van der Waals surface area contributed by atoms with E-state index in [1.54, 1.807) is 0 Å². The fourth-order valence-corrected chi connectivity index (χ4v) is 7.09. The van der Waals surface area contributed by atoms with E-state index in [0.29, 0.717) is 0 Å². The predicted molar refractivity (Wildman–Crippen MR) is 204 cm³/mol. The summed E-state index contributed by atoms with van der Waals surface area (Å²) in [4.78, 5) is 2.39. The number of anilines is 3. The molecule has 0 saturated carbocycles. The van der Waals surface area contributed by atoms with E-state index in [-0.39, 0.29) is 14.3 Å². The topological polar surface area (TPSA) is 3.24 Å². The third-order valence-electron chi connectivity index (χ3n) is 9.49. The maximum atomic E-state index is 2.42. The van der Waals surface area contributed by atoms with Gasteiger partial charge in [-0.3, -0.25) is 0 Å². The van der Waals surface area contributed by atoms with E-state index < -0.39 is 0 Å². The second-order valence-corrected chi connectivity index (χ2v) is 12.6. The Bertz CT molecular complexity index is 2050. The standard InChI is InChI=1S/C45H35N.CH4.H2/c1-45(2)42-20-12-19-40(36-17-10-5-11-18-36)44(42)41-30-29-39(31-43(41)45)46(37-25-21-34(22-26-37)32-13-6-3-7-14-32)38-27-23-35(24-28-38)33-15-8-4-9-16-33;;/h3-31H,1-2H3;1H4;1H. The fourth-order valence-electron chi connectivity index (χ4n) is 7.09. The molecule has 0 aromatic heterocycles. The van der Waals surface area contributed by atoms with Crippen LogP contribution in [-0.2, 0) is 5.41 Å². The van der Waals surface area contributed by atoms with Gasteiger partial charge in [0, 0.05) is 23.9 Å². The molecule has 0 N–H and O–H groups in total. The van der Waals surface area contributed by atoms with Gasteiger partial charge >= 0.3 is 0 Å². The van der Waals surface area contributed by atoms with Crippen molar-refractivity contribution in [2.24, 2.45) is 0 Å². The van der Waals surface area contributed by atoms with Gasteiger partial charge in [0.25, 0.3) is 0 Å². The quantitative estimate of drug-likeness (QED) is 0.182. The number of nitrogens with zero attached hydrogens (tertiary/aromatic N) is 1. The zero-order valence-corrected chi connectivity index (χ0v) is 26.2. The molecule has 7 aromatic carbocycles. The van der Waals surface area contributed by atoms with Crippen molar-refractivity contribution in [1.29, 1.82) is 0 Å². The van der Waals surface area contributed by atoms with E-state index in [4.69, 9.17) is 0 Å². The summed E-state index contributed by atoms with van der Waals surface area (Å²) in [6.45, 7) is 4.73. The molecular weight excluding hydrogens is 567 g/mol. The maximum absolute atomic E-state index is 2.42. The highest BCUT2D eigenvalue weighted by Gasteiger charge is 2.37. The van der Waals surface area contributed by atoms with Gasteiger partial charge in [0.2, 0.25) is 0 Å². The highest BCUT2D eigenvalue weighted by atomic mass is 15.1. The first-order valence-corrected chi connectivity index (χ1v) is 16.0. The number of benzene rings is 7. The van der Waals surface area contributed by atoms with Gasteiger partial charge < -0.3 is 4.90 Å². The van der Waals surface area contributed by atoms with Crippen molar-refractivity contribution in [2.45, 2.75) is 26.7 Å². The van der Waals surface area contributed by atoms with Crippen LogP contribution >= 0.6 is 0 Å². The molecule has 0 saturated heterocycles. The lowest BCUT2D eigenvalue weighted by atomic mass is 9.81. The molecule has 0 atom stereocenters. The van der Waals surface area contributed by atoms with Gasteiger partial charge in [-0.2, -0.15) is 0 Å². The van der Waals surface area contributed by atoms with Crippen LogP contribution in [0.5, 0.6) is 0 Å². The van der Waals surface area contributed by atoms with E-state index >= 15 is 0 Å². The van der Waals surface area contributed by atoms with Gasteiger partial charge in [0.1, 0.15) is 0 Å². The van der Waals surface area contributed by atoms with E-state index in [0.717, 1.165) is 17.1 Å². The lowest BCUT2D eigenvalue weighted by Crippen LogP contribution is -2.16. The average Bonchev–Trinajstić information content (AvgIpc) is 3.36. The molecule has 0 radical (unpaired) electrons. The van der Waals surface area contributed by atoms with Crippen LogP contribution in [0.1, 0.15) is 33.8 Å². The van der Waals surface area contributed by atoms with Gasteiger partial charge in [-0.05, 0) is 92.0 Å². The van der Waals surface area contributed by atoms with Gasteiger partial charge in [0.15, 0.2) is 0 Å². The fraction of sp³-hybridized carbons (Fsp3) is 0.0870. The van der Waals surface area contributed by atoms with Gasteiger partial charge in [-0.1, -0.05) is 161 Å². The van der Waals surface area contributed by atoms with Crippen molar-refractivity contribution in [3.63, 3.8) is 0 Å². The Labute approximate surface area is 280 Å². The van der Waals surface area contributed by atoms with Crippen LogP contribution in [0.15, 0.2) is 176 Å². The Balaban J connectivity index is 0.00000201. The molecule has 1 aliphatic rings. The van der Waals surface area contributed by atoms with Crippen molar-refractivity contribution < 1.29 is 1.43 Å². The third-order valence-corrected chi connectivity index (χ3v) is 9.49. The second kappa shape index (κ2) is 12.3. The number of fused-ring (bicyclic) bond motifs is 3. The zero-order chi connectivity index (χ0) is 31.1. The Kier molecular flexibility index (Phi) is 7.83. The Hall–Kier alpha value is -5.66. The molecule has 1 heteroatoms. The smallest absolute Gasteiger partial charge is 0.0465 e. The molecular formula is C46H41N. The lowest BCUT2D eigenvalue weighted by Gasteiger charge is -2.28. The Morgan fingerprint density at radius 2 is 0.830 bits per heavy atom. The first-order chi connectivity index (χ1) is 22.6. The van der Waals surface area contributed by atoms with Crippen molar-refractivity contribution in [3.05, 3.63) is 187 Å². The highest BCUT2D eigenvalue weighted by molar-refractivity contribution is 5.94. The van der Waals surface area contributed by atoms with E-state index in [2.05, 4.69) is 195 Å². The molecule has 230 valence electrons. The van der Waals surface area contributed by atoms with Crippen molar-refractivity contribution >= 4 is 17.1 Å².